The maximum atomic E-state index is 5.63. The van der Waals surface area contributed by atoms with Gasteiger partial charge >= 0.3 is 0 Å². The molecular weight excluding hydrogens is 250 g/mol. The highest BCUT2D eigenvalue weighted by Crippen LogP contribution is 2.27. The molecule has 1 rings (SSSR count). The summed E-state index contributed by atoms with van der Waals surface area (Å²) >= 11 is 4.81. The van der Waals surface area contributed by atoms with Gasteiger partial charge < -0.3 is 19.9 Å². The fourth-order valence-electron chi connectivity index (χ4n) is 1.46. The minimum absolute atomic E-state index is 0.554. The predicted octanol–water partition coefficient (Wildman–Crippen LogP) is 2.54. The highest BCUT2D eigenvalue weighted by atomic mass is 32.1. The molecule has 0 spiro atoms. The van der Waals surface area contributed by atoms with Crippen molar-refractivity contribution >= 4 is 17.2 Å². The van der Waals surface area contributed by atoms with Gasteiger partial charge in [0.15, 0.2) is 0 Å². The zero-order valence-electron chi connectivity index (χ0n) is 10.8. The van der Waals surface area contributed by atoms with Crippen molar-refractivity contribution in [1.82, 2.24) is 0 Å². The fourth-order valence-corrected chi connectivity index (χ4v) is 1.60. The summed E-state index contributed by atoms with van der Waals surface area (Å²) in [6.07, 6.45) is 2.62. The molecule has 0 saturated carbocycles. The summed E-state index contributed by atoms with van der Waals surface area (Å²) in [5.74, 6) is 2.17. The molecule has 0 unspecified atom stereocenters. The first-order valence-electron chi connectivity index (χ1n) is 5.80. The van der Waals surface area contributed by atoms with Gasteiger partial charge in [-0.15, -0.1) is 0 Å². The van der Waals surface area contributed by atoms with Gasteiger partial charge in [0.25, 0.3) is 0 Å². The number of hydrogen-bond donors (Lipinski definition) is 1. The highest BCUT2D eigenvalue weighted by molar-refractivity contribution is 7.80. The number of rotatable bonds is 8. The number of benzene rings is 1. The van der Waals surface area contributed by atoms with Gasteiger partial charge in [0.2, 0.25) is 0 Å². The quantitative estimate of drug-likeness (QED) is 0.580. The Labute approximate surface area is 113 Å². The Kier molecular flexibility index (Phi) is 6.28. The second-order valence-corrected chi connectivity index (χ2v) is 4.34. The Hall–Kier alpha value is -1.49. The molecular formula is C13H19NO3S. The van der Waals surface area contributed by atoms with E-state index in [2.05, 4.69) is 0 Å². The van der Waals surface area contributed by atoms with Crippen LogP contribution in [0.1, 0.15) is 19.3 Å². The lowest BCUT2D eigenvalue weighted by molar-refractivity contribution is 0.302. The molecule has 1 aromatic rings. The molecule has 0 aromatic heterocycles. The van der Waals surface area contributed by atoms with Crippen LogP contribution in [0.15, 0.2) is 18.2 Å². The summed E-state index contributed by atoms with van der Waals surface area (Å²) in [7, 11) is 3.22. The molecule has 0 bridgehead atoms. The average Bonchev–Trinajstić information content (AvgIpc) is 2.37. The topological polar surface area (TPSA) is 53.7 Å². The van der Waals surface area contributed by atoms with E-state index in [4.69, 9.17) is 32.2 Å². The van der Waals surface area contributed by atoms with E-state index in [1.54, 1.807) is 20.3 Å². The van der Waals surface area contributed by atoms with Crippen LogP contribution in [0.2, 0.25) is 0 Å². The van der Waals surface area contributed by atoms with Crippen molar-refractivity contribution in [2.75, 3.05) is 20.8 Å². The van der Waals surface area contributed by atoms with Crippen LogP contribution in [-0.4, -0.2) is 25.8 Å². The van der Waals surface area contributed by atoms with Crippen LogP contribution in [0.3, 0.4) is 0 Å². The van der Waals surface area contributed by atoms with Crippen molar-refractivity contribution in [3.8, 4) is 17.2 Å². The molecule has 0 heterocycles. The van der Waals surface area contributed by atoms with E-state index >= 15 is 0 Å². The molecule has 0 fully saturated rings. The summed E-state index contributed by atoms with van der Waals surface area (Å²) in [4.78, 5) is 0.554. The Morgan fingerprint density at radius 3 is 2.11 bits per heavy atom. The van der Waals surface area contributed by atoms with Gasteiger partial charge in [-0.1, -0.05) is 12.2 Å². The monoisotopic (exact) mass is 269 g/mol. The van der Waals surface area contributed by atoms with Gasteiger partial charge in [0, 0.05) is 18.2 Å². The second-order valence-electron chi connectivity index (χ2n) is 3.82. The number of thiocarbonyl (C=S) groups is 1. The van der Waals surface area contributed by atoms with E-state index < -0.39 is 0 Å². The average molecular weight is 269 g/mol. The van der Waals surface area contributed by atoms with Crippen LogP contribution in [0.25, 0.3) is 0 Å². The lowest BCUT2D eigenvalue weighted by Gasteiger charge is -2.10. The maximum Gasteiger partial charge on any atom is 0.126 e. The molecule has 5 heteroatoms. The minimum atomic E-state index is 0.554. The Morgan fingerprint density at radius 1 is 1.06 bits per heavy atom. The van der Waals surface area contributed by atoms with Crippen molar-refractivity contribution in [2.45, 2.75) is 19.3 Å². The molecule has 18 heavy (non-hydrogen) atoms. The van der Waals surface area contributed by atoms with Crippen LogP contribution in [0.4, 0.5) is 0 Å². The van der Waals surface area contributed by atoms with Gasteiger partial charge in [-0.25, -0.2) is 0 Å². The molecule has 100 valence electrons. The van der Waals surface area contributed by atoms with Crippen molar-refractivity contribution < 1.29 is 14.2 Å². The van der Waals surface area contributed by atoms with Gasteiger partial charge in [-0.3, -0.25) is 0 Å². The summed E-state index contributed by atoms with van der Waals surface area (Å²) in [5.41, 5.74) is 5.42. The van der Waals surface area contributed by atoms with Gasteiger partial charge in [0.1, 0.15) is 17.2 Å². The number of ether oxygens (including phenoxy) is 3. The predicted molar refractivity (Wildman–Crippen MR) is 75.7 cm³/mol. The van der Waals surface area contributed by atoms with Crippen LogP contribution < -0.4 is 19.9 Å². The van der Waals surface area contributed by atoms with Crippen molar-refractivity contribution in [3.63, 3.8) is 0 Å². The normalized spacial score (nSPS) is 9.89. The number of nitrogens with two attached hydrogens (primary N) is 1. The number of methoxy groups -OCH3 is 2. The smallest absolute Gasteiger partial charge is 0.126 e. The summed E-state index contributed by atoms with van der Waals surface area (Å²) in [6.45, 7) is 0.624. The molecule has 1 aromatic carbocycles. The van der Waals surface area contributed by atoms with Crippen molar-refractivity contribution in [1.29, 1.82) is 0 Å². The molecule has 0 aliphatic heterocycles. The van der Waals surface area contributed by atoms with E-state index in [1.165, 1.54) is 0 Å². The number of hydrogen-bond acceptors (Lipinski definition) is 4. The standard InChI is InChI=1S/C13H19NO3S/c1-15-10-7-11(16-2)9-12(8-10)17-6-4-3-5-13(14)18/h7-9H,3-6H2,1-2H3,(H2,14,18). The van der Waals surface area contributed by atoms with E-state index in [0.717, 1.165) is 25.0 Å². The Balaban J connectivity index is 2.43. The van der Waals surface area contributed by atoms with E-state index in [1.807, 2.05) is 12.1 Å². The molecule has 0 aliphatic rings. The van der Waals surface area contributed by atoms with Gasteiger partial charge in [0.05, 0.1) is 25.8 Å². The zero-order valence-corrected chi connectivity index (χ0v) is 11.6. The summed E-state index contributed by atoms with van der Waals surface area (Å²) in [6, 6.07) is 5.46. The third-order valence-electron chi connectivity index (χ3n) is 2.41. The molecule has 0 radical (unpaired) electrons. The van der Waals surface area contributed by atoms with Crippen LogP contribution in [-0.2, 0) is 0 Å². The lowest BCUT2D eigenvalue weighted by Crippen LogP contribution is -2.08. The minimum Gasteiger partial charge on any atom is -0.496 e. The molecule has 0 saturated heterocycles. The molecule has 4 nitrogen and oxygen atoms in total. The van der Waals surface area contributed by atoms with Crippen LogP contribution in [0.5, 0.6) is 17.2 Å². The number of unbranched alkanes of at least 4 members (excludes halogenated alkanes) is 1. The van der Waals surface area contributed by atoms with Crippen LogP contribution >= 0.6 is 12.2 Å². The van der Waals surface area contributed by atoms with E-state index in [-0.39, 0.29) is 0 Å². The summed E-state index contributed by atoms with van der Waals surface area (Å²) < 4.78 is 16.0. The first-order valence-corrected chi connectivity index (χ1v) is 6.20. The van der Waals surface area contributed by atoms with Crippen LogP contribution in [0, 0.1) is 0 Å². The third-order valence-corrected chi connectivity index (χ3v) is 2.62. The van der Waals surface area contributed by atoms with Crippen molar-refractivity contribution in [3.05, 3.63) is 18.2 Å². The maximum absolute atomic E-state index is 5.63. The third kappa shape index (κ3) is 5.23. The van der Waals surface area contributed by atoms with E-state index in [0.29, 0.717) is 23.1 Å². The van der Waals surface area contributed by atoms with Crippen molar-refractivity contribution in [2.24, 2.45) is 5.73 Å². The lowest BCUT2D eigenvalue weighted by atomic mass is 10.2. The molecule has 0 amide bonds. The summed E-state index contributed by atoms with van der Waals surface area (Å²) in [5, 5.41) is 0. The highest BCUT2D eigenvalue weighted by Gasteiger charge is 2.02. The molecule has 0 atom stereocenters. The molecule has 2 N–H and O–H groups in total. The Morgan fingerprint density at radius 2 is 1.61 bits per heavy atom. The first kappa shape index (κ1) is 14.6. The first-order chi connectivity index (χ1) is 8.65. The Bertz CT molecular complexity index is 374. The zero-order chi connectivity index (χ0) is 13.4. The molecule has 0 aliphatic carbocycles. The second kappa shape index (κ2) is 7.76. The fraction of sp³-hybridized carbons (Fsp3) is 0.462. The van der Waals surface area contributed by atoms with Gasteiger partial charge in [-0.2, -0.15) is 0 Å². The SMILES string of the molecule is COc1cc(OC)cc(OCCCCC(N)=S)c1. The largest absolute Gasteiger partial charge is 0.496 e. The van der Waals surface area contributed by atoms with Gasteiger partial charge in [-0.05, 0) is 19.3 Å². The van der Waals surface area contributed by atoms with E-state index in [9.17, 15) is 0 Å².